The molecule has 1 heteroatoms. The van der Waals surface area contributed by atoms with Crippen LogP contribution in [0.15, 0.2) is 30.3 Å². The van der Waals surface area contributed by atoms with Gasteiger partial charge in [-0.2, -0.15) is 0 Å². The summed E-state index contributed by atoms with van der Waals surface area (Å²) in [6.07, 6.45) is 8.61. The molecular weight excluding hydrogens is 242 g/mol. The summed E-state index contributed by atoms with van der Waals surface area (Å²) in [4.78, 5) is 0. The molecule has 1 aliphatic rings. The molecule has 1 saturated carbocycles. The van der Waals surface area contributed by atoms with Crippen molar-refractivity contribution < 1.29 is 0 Å². The van der Waals surface area contributed by atoms with Gasteiger partial charge < -0.3 is 5.32 Å². The number of nitrogens with one attached hydrogen (secondary N) is 1. The van der Waals surface area contributed by atoms with Crippen LogP contribution < -0.4 is 5.32 Å². The third-order valence-corrected chi connectivity index (χ3v) is 4.62. The summed E-state index contributed by atoms with van der Waals surface area (Å²) in [5.41, 5.74) is 1.68. The first-order valence-corrected chi connectivity index (χ1v) is 8.36. The molecule has 0 spiro atoms. The molecule has 112 valence electrons. The monoisotopic (exact) mass is 273 g/mol. The van der Waals surface area contributed by atoms with Crippen molar-refractivity contribution in [3.8, 4) is 0 Å². The molecule has 2 rings (SSSR count). The molecule has 0 aromatic heterocycles. The van der Waals surface area contributed by atoms with E-state index >= 15 is 0 Å². The lowest BCUT2D eigenvalue weighted by Crippen LogP contribution is -2.33. The fraction of sp³-hybridized carbons (Fsp3) is 0.684. The molecule has 0 aliphatic heterocycles. The molecule has 1 fully saturated rings. The molecule has 0 heterocycles. The highest BCUT2D eigenvalue weighted by atomic mass is 14.9. The van der Waals surface area contributed by atoms with Crippen LogP contribution in [0.3, 0.4) is 0 Å². The zero-order chi connectivity index (χ0) is 14.4. The molecule has 1 unspecified atom stereocenters. The summed E-state index contributed by atoms with van der Waals surface area (Å²) in [6, 6.07) is 11.4. The van der Waals surface area contributed by atoms with E-state index in [2.05, 4.69) is 56.4 Å². The van der Waals surface area contributed by atoms with Crippen molar-refractivity contribution in [1.29, 1.82) is 0 Å². The van der Waals surface area contributed by atoms with Crippen molar-refractivity contribution in [2.45, 2.75) is 65.3 Å². The Morgan fingerprint density at radius 2 is 1.70 bits per heavy atom. The summed E-state index contributed by atoms with van der Waals surface area (Å²) in [6.45, 7) is 8.15. The molecular formula is C19H31N. The van der Waals surface area contributed by atoms with Gasteiger partial charge in [0.2, 0.25) is 0 Å². The lowest BCUT2D eigenvalue weighted by atomic mass is 9.82. The van der Waals surface area contributed by atoms with Gasteiger partial charge in [0.05, 0.1) is 0 Å². The van der Waals surface area contributed by atoms with Gasteiger partial charge in [0.1, 0.15) is 0 Å². The van der Waals surface area contributed by atoms with E-state index in [1.807, 2.05) is 0 Å². The van der Waals surface area contributed by atoms with Crippen LogP contribution in [0.1, 0.15) is 70.9 Å². The molecule has 1 N–H and O–H groups in total. The average Bonchev–Trinajstić information content (AvgIpc) is 2.44. The predicted molar refractivity (Wildman–Crippen MR) is 87.8 cm³/mol. The lowest BCUT2D eigenvalue weighted by molar-refractivity contribution is 0.257. The van der Waals surface area contributed by atoms with Crippen molar-refractivity contribution in [2.75, 3.05) is 6.54 Å². The topological polar surface area (TPSA) is 12.0 Å². The van der Waals surface area contributed by atoms with Gasteiger partial charge in [-0.25, -0.2) is 0 Å². The molecule has 1 atom stereocenters. The molecule has 0 saturated heterocycles. The van der Waals surface area contributed by atoms with Crippen LogP contribution in [0, 0.1) is 11.3 Å². The molecule has 20 heavy (non-hydrogen) atoms. The Balaban J connectivity index is 1.88. The van der Waals surface area contributed by atoms with E-state index in [1.165, 1.54) is 44.1 Å². The van der Waals surface area contributed by atoms with Crippen LogP contribution in [0.4, 0.5) is 0 Å². The van der Waals surface area contributed by atoms with Crippen molar-refractivity contribution in [3.63, 3.8) is 0 Å². The van der Waals surface area contributed by atoms with Gasteiger partial charge >= 0.3 is 0 Å². The molecule has 1 aromatic rings. The largest absolute Gasteiger partial charge is 0.309 e. The van der Waals surface area contributed by atoms with Crippen LogP contribution in [-0.2, 0) is 0 Å². The zero-order valence-corrected chi connectivity index (χ0v) is 13.5. The highest BCUT2D eigenvalue weighted by Gasteiger charge is 2.25. The molecule has 1 aliphatic carbocycles. The van der Waals surface area contributed by atoms with Crippen LogP contribution in [0.25, 0.3) is 0 Å². The fourth-order valence-electron chi connectivity index (χ4n) is 3.48. The van der Waals surface area contributed by atoms with E-state index < -0.39 is 0 Å². The number of rotatable bonds is 5. The molecule has 1 nitrogen and oxygen atoms in total. The lowest BCUT2D eigenvalue weighted by Gasteiger charge is -2.33. The fourth-order valence-corrected chi connectivity index (χ4v) is 3.48. The van der Waals surface area contributed by atoms with Crippen molar-refractivity contribution in [3.05, 3.63) is 35.9 Å². The second-order valence-corrected chi connectivity index (χ2v) is 7.46. The van der Waals surface area contributed by atoms with Gasteiger partial charge in [-0.1, -0.05) is 83.2 Å². The Hall–Kier alpha value is -0.820. The zero-order valence-electron chi connectivity index (χ0n) is 13.5. The first-order valence-electron chi connectivity index (χ1n) is 8.36. The normalized spacial score (nSPS) is 18.9. The maximum atomic E-state index is 3.82. The van der Waals surface area contributed by atoms with Crippen molar-refractivity contribution in [1.82, 2.24) is 5.32 Å². The van der Waals surface area contributed by atoms with Crippen LogP contribution >= 0.6 is 0 Å². The SMILES string of the molecule is CC(C)(C)C(NCCC1CCCCC1)c1ccccc1. The Bertz CT molecular complexity index is 371. The second kappa shape index (κ2) is 7.26. The van der Waals surface area contributed by atoms with Gasteiger partial charge in [0.15, 0.2) is 0 Å². The number of hydrogen-bond acceptors (Lipinski definition) is 1. The van der Waals surface area contributed by atoms with Gasteiger partial charge in [-0.3, -0.25) is 0 Å². The molecule has 0 radical (unpaired) electrons. The molecule has 0 bridgehead atoms. The van der Waals surface area contributed by atoms with E-state index in [-0.39, 0.29) is 5.41 Å². The van der Waals surface area contributed by atoms with E-state index in [0.29, 0.717) is 6.04 Å². The predicted octanol–water partition coefficient (Wildman–Crippen LogP) is 5.33. The highest BCUT2D eigenvalue weighted by molar-refractivity contribution is 5.20. The summed E-state index contributed by atoms with van der Waals surface area (Å²) < 4.78 is 0. The standard InChI is InChI=1S/C19H31N/c1-19(2,3)18(17-12-8-5-9-13-17)20-15-14-16-10-6-4-7-11-16/h5,8-9,12-13,16,18,20H,4,6-7,10-11,14-15H2,1-3H3. The summed E-state index contributed by atoms with van der Waals surface area (Å²) >= 11 is 0. The highest BCUT2D eigenvalue weighted by Crippen LogP contribution is 2.33. The van der Waals surface area contributed by atoms with E-state index in [1.54, 1.807) is 0 Å². The Morgan fingerprint density at radius 3 is 2.30 bits per heavy atom. The van der Waals surface area contributed by atoms with Gasteiger partial charge in [-0.05, 0) is 29.9 Å². The smallest absolute Gasteiger partial charge is 0.0369 e. The first-order chi connectivity index (χ1) is 9.57. The van der Waals surface area contributed by atoms with Crippen molar-refractivity contribution in [2.24, 2.45) is 11.3 Å². The van der Waals surface area contributed by atoms with Gasteiger partial charge in [0.25, 0.3) is 0 Å². The molecule has 1 aromatic carbocycles. The molecule has 0 amide bonds. The Labute approximate surface area is 125 Å². The first kappa shape index (κ1) is 15.6. The number of benzene rings is 1. The van der Waals surface area contributed by atoms with E-state index in [9.17, 15) is 0 Å². The Kier molecular flexibility index (Phi) is 5.65. The van der Waals surface area contributed by atoms with Gasteiger partial charge in [-0.15, -0.1) is 0 Å². The summed E-state index contributed by atoms with van der Waals surface area (Å²) in [7, 11) is 0. The maximum Gasteiger partial charge on any atom is 0.0369 e. The minimum atomic E-state index is 0.258. The number of hydrogen-bond donors (Lipinski definition) is 1. The van der Waals surface area contributed by atoms with Crippen LogP contribution in [-0.4, -0.2) is 6.54 Å². The van der Waals surface area contributed by atoms with Crippen molar-refractivity contribution >= 4 is 0 Å². The van der Waals surface area contributed by atoms with E-state index in [4.69, 9.17) is 0 Å². The average molecular weight is 273 g/mol. The Morgan fingerprint density at radius 1 is 1.05 bits per heavy atom. The minimum Gasteiger partial charge on any atom is -0.309 e. The van der Waals surface area contributed by atoms with Crippen LogP contribution in [0.5, 0.6) is 0 Å². The maximum absolute atomic E-state index is 3.82. The van der Waals surface area contributed by atoms with Crippen LogP contribution in [0.2, 0.25) is 0 Å². The van der Waals surface area contributed by atoms with E-state index in [0.717, 1.165) is 12.5 Å². The third kappa shape index (κ3) is 4.63. The van der Waals surface area contributed by atoms with Gasteiger partial charge in [0, 0.05) is 6.04 Å². The minimum absolute atomic E-state index is 0.258. The quantitative estimate of drug-likeness (QED) is 0.764. The third-order valence-electron chi connectivity index (χ3n) is 4.62. The summed E-state index contributed by atoms with van der Waals surface area (Å²) in [5, 5.41) is 3.82. The second-order valence-electron chi connectivity index (χ2n) is 7.46. The summed E-state index contributed by atoms with van der Waals surface area (Å²) in [5.74, 6) is 0.965.